The van der Waals surface area contributed by atoms with E-state index in [9.17, 15) is 0 Å². The molecule has 0 aromatic carbocycles. The van der Waals surface area contributed by atoms with Crippen molar-refractivity contribution in [3.63, 3.8) is 0 Å². The molecule has 0 unspecified atom stereocenters. The number of halogens is 1. The molecule has 114 valence electrons. The molecule has 1 N–H and O–H groups in total. The van der Waals surface area contributed by atoms with Crippen LogP contribution in [-0.4, -0.2) is 29.7 Å². The molecule has 0 atom stereocenters. The average Bonchev–Trinajstić information content (AvgIpc) is 2.85. The number of anilines is 1. The largest absolute Gasteiger partial charge is 0.382 e. The van der Waals surface area contributed by atoms with Crippen LogP contribution in [0.25, 0.3) is 10.2 Å². The molecule has 2 aromatic rings. The summed E-state index contributed by atoms with van der Waals surface area (Å²) in [5.74, 6) is 0.627. The van der Waals surface area contributed by atoms with Gasteiger partial charge in [-0.15, -0.1) is 11.3 Å². The fraction of sp³-hybridized carbons (Fsp3) is 0.600. The topological polar surface area (TPSA) is 47.0 Å². The molecule has 6 heteroatoms. The van der Waals surface area contributed by atoms with Crippen molar-refractivity contribution in [3.05, 3.63) is 15.6 Å². The number of aryl methyl sites for hydroxylation is 2. The van der Waals surface area contributed by atoms with Gasteiger partial charge in [0.15, 0.2) is 0 Å². The maximum Gasteiger partial charge on any atom is 0.225 e. The van der Waals surface area contributed by atoms with Gasteiger partial charge in [-0.3, -0.25) is 0 Å². The highest BCUT2D eigenvalue weighted by molar-refractivity contribution is 7.19. The second kappa shape index (κ2) is 6.90. The molecule has 0 saturated carbocycles. The number of nitrogens with zero attached hydrogens (tertiary/aromatic N) is 2. The monoisotopic (exact) mass is 325 g/mol. The minimum absolute atomic E-state index is 0.590. The van der Waals surface area contributed by atoms with E-state index in [-0.39, 0.29) is 0 Å². The summed E-state index contributed by atoms with van der Waals surface area (Å²) in [5.41, 5.74) is 1.38. The van der Waals surface area contributed by atoms with Crippen LogP contribution < -0.4 is 5.32 Å². The van der Waals surface area contributed by atoms with Gasteiger partial charge in [0.05, 0.1) is 5.39 Å². The van der Waals surface area contributed by atoms with E-state index in [2.05, 4.69) is 15.3 Å². The zero-order valence-corrected chi connectivity index (χ0v) is 13.8. The number of hydrogen-bond acceptors (Lipinski definition) is 5. The first kappa shape index (κ1) is 15.0. The second-order valence-electron chi connectivity index (χ2n) is 5.21. The molecule has 0 aliphatic heterocycles. The van der Waals surface area contributed by atoms with Crippen molar-refractivity contribution in [3.8, 4) is 0 Å². The Morgan fingerprint density at radius 2 is 2.14 bits per heavy atom. The molecule has 0 saturated heterocycles. The summed E-state index contributed by atoms with van der Waals surface area (Å²) in [6.07, 6.45) is 5.72. The number of nitrogens with one attached hydrogen (secondary N) is 1. The van der Waals surface area contributed by atoms with Gasteiger partial charge in [-0.1, -0.05) is 11.6 Å². The molecule has 0 fully saturated rings. The Morgan fingerprint density at radius 1 is 1.29 bits per heavy atom. The lowest BCUT2D eigenvalue weighted by Crippen LogP contribution is -2.08. The van der Waals surface area contributed by atoms with Gasteiger partial charge in [0.2, 0.25) is 5.95 Å². The standard InChI is InChI=1S/C15H20ClN3OS/c1-2-20-9-5-8-17-15-18-13(16)12-10-6-3-4-7-11(10)21-14(12)19-15/h2-9H2,1H3,(H,17,18,19). The molecule has 2 heterocycles. The average molecular weight is 326 g/mol. The zero-order valence-electron chi connectivity index (χ0n) is 12.2. The first-order valence-electron chi connectivity index (χ1n) is 7.59. The van der Waals surface area contributed by atoms with Crippen LogP contribution >= 0.6 is 22.9 Å². The van der Waals surface area contributed by atoms with E-state index in [4.69, 9.17) is 16.3 Å². The predicted molar refractivity (Wildman–Crippen MR) is 88.7 cm³/mol. The summed E-state index contributed by atoms with van der Waals surface area (Å²) in [5, 5.41) is 4.91. The van der Waals surface area contributed by atoms with Crippen molar-refractivity contribution in [2.45, 2.75) is 39.0 Å². The van der Waals surface area contributed by atoms with E-state index in [0.29, 0.717) is 11.1 Å². The summed E-state index contributed by atoms with van der Waals surface area (Å²) in [7, 11) is 0. The Hall–Kier alpha value is -0.910. The summed E-state index contributed by atoms with van der Waals surface area (Å²) in [6.45, 7) is 4.32. The van der Waals surface area contributed by atoms with Crippen LogP contribution in [0.3, 0.4) is 0 Å². The predicted octanol–water partition coefficient (Wildman–Crippen LogP) is 4.06. The lowest BCUT2D eigenvalue weighted by atomic mass is 9.97. The molecule has 0 bridgehead atoms. The minimum atomic E-state index is 0.590. The smallest absolute Gasteiger partial charge is 0.225 e. The van der Waals surface area contributed by atoms with E-state index in [1.54, 1.807) is 11.3 Å². The van der Waals surface area contributed by atoms with Crippen LogP contribution in [-0.2, 0) is 17.6 Å². The minimum Gasteiger partial charge on any atom is -0.382 e. The maximum absolute atomic E-state index is 6.39. The van der Waals surface area contributed by atoms with Crippen LogP contribution in [0.1, 0.15) is 36.6 Å². The van der Waals surface area contributed by atoms with Gasteiger partial charge in [-0.05, 0) is 44.6 Å². The molecule has 3 rings (SSSR count). The van der Waals surface area contributed by atoms with Crippen molar-refractivity contribution in [2.75, 3.05) is 25.1 Å². The van der Waals surface area contributed by atoms with Crippen LogP contribution in [0.4, 0.5) is 5.95 Å². The Balaban J connectivity index is 1.76. The van der Waals surface area contributed by atoms with Crippen molar-refractivity contribution in [2.24, 2.45) is 0 Å². The van der Waals surface area contributed by atoms with Gasteiger partial charge in [0.25, 0.3) is 0 Å². The molecule has 0 spiro atoms. The van der Waals surface area contributed by atoms with Crippen LogP contribution in [0.2, 0.25) is 5.15 Å². The first-order valence-corrected chi connectivity index (χ1v) is 8.78. The van der Waals surface area contributed by atoms with Gasteiger partial charge < -0.3 is 10.1 Å². The number of fused-ring (bicyclic) bond motifs is 3. The Kier molecular flexibility index (Phi) is 4.93. The summed E-state index contributed by atoms with van der Waals surface area (Å²) in [4.78, 5) is 11.5. The van der Waals surface area contributed by atoms with E-state index in [1.807, 2.05) is 6.92 Å². The molecule has 1 aliphatic rings. The lowest BCUT2D eigenvalue weighted by Gasteiger charge is -2.10. The molecule has 1 aliphatic carbocycles. The fourth-order valence-corrected chi connectivity index (χ4v) is 4.31. The third kappa shape index (κ3) is 3.30. The van der Waals surface area contributed by atoms with Crippen molar-refractivity contribution in [1.82, 2.24) is 9.97 Å². The highest BCUT2D eigenvalue weighted by Crippen LogP contribution is 2.38. The van der Waals surface area contributed by atoms with Crippen molar-refractivity contribution >= 4 is 39.1 Å². The van der Waals surface area contributed by atoms with E-state index < -0.39 is 0 Å². The Morgan fingerprint density at radius 3 is 3.00 bits per heavy atom. The highest BCUT2D eigenvalue weighted by atomic mass is 35.5. The summed E-state index contributed by atoms with van der Waals surface area (Å²) >= 11 is 8.17. The number of thiophene rings is 1. The zero-order chi connectivity index (χ0) is 14.7. The number of ether oxygens (including phenoxy) is 1. The quantitative estimate of drug-likeness (QED) is 0.642. The molecule has 4 nitrogen and oxygen atoms in total. The second-order valence-corrected chi connectivity index (χ2v) is 6.65. The molecule has 0 amide bonds. The van der Waals surface area contributed by atoms with Crippen LogP contribution in [0, 0.1) is 0 Å². The van der Waals surface area contributed by atoms with Gasteiger partial charge in [0, 0.05) is 24.6 Å². The molecular weight excluding hydrogens is 306 g/mol. The summed E-state index contributed by atoms with van der Waals surface area (Å²) in [6, 6.07) is 0. The molecule has 0 radical (unpaired) electrons. The Bertz CT molecular complexity index is 629. The summed E-state index contributed by atoms with van der Waals surface area (Å²) < 4.78 is 5.32. The van der Waals surface area contributed by atoms with Gasteiger partial charge >= 0.3 is 0 Å². The first-order chi connectivity index (χ1) is 10.3. The van der Waals surface area contributed by atoms with Crippen molar-refractivity contribution < 1.29 is 4.74 Å². The van der Waals surface area contributed by atoms with E-state index >= 15 is 0 Å². The lowest BCUT2D eigenvalue weighted by molar-refractivity contribution is 0.147. The highest BCUT2D eigenvalue weighted by Gasteiger charge is 2.20. The number of hydrogen-bond donors (Lipinski definition) is 1. The van der Waals surface area contributed by atoms with Gasteiger partial charge in [-0.25, -0.2) is 9.97 Å². The fourth-order valence-electron chi connectivity index (χ4n) is 2.71. The molecule has 2 aromatic heterocycles. The third-order valence-corrected chi connectivity index (χ3v) is 5.18. The van der Waals surface area contributed by atoms with Crippen LogP contribution in [0.5, 0.6) is 0 Å². The van der Waals surface area contributed by atoms with Crippen LogP contribution in [0.15, 0.2) is 0 Å². The third-order valence-electron chi connectivity index (χ3n) is 3.72. The van der Waals surface area contributed by atoms with Crippen molar-refractivity contribution in [1.29, 1.82) is 0 Å². The SMILES string of the molecule is CCOCCCNc1nc(Cl)c2c3c(sc2n1)CCCC3. The number of aromatic nitrogens is 2. The molecular formula is C15H20ClN3OS. The molecule has 21 heavy (non-hydrogen) atoms. The maximum atomic E-state index is 6.39. The Labute approximate surface area is 133 Å². The van der Waals surface area contributed by atoms with E-state index in [1.165, 1.54) is 23.3 Å². The van der Waals surface area contributed by atoms with E-state index in [0.717, 1.165) is 49.2 Å². The van der Waals surface area contributed by atoms with Gasteiger partial charge in [-0.2, -0.15) is 0 Å². The van der Waals surface area contributed by atoms with Gasteiger partial charge in [0.1, 0.15) is 9.98 Å². The normalized spacial score (nSPS) is 14.4. The number of rotatable bonds is 6.